The van der Waals surface area contributed by atoms with Crippen LogP contribution in [0.2, 0.25) is 5.15 Å². The lowest BCUT2D eigenvalue weighted by molar-refractivity contribution is -0.144. The molecule has 2 heterocycles. The maximum absolute atomic E-state index is 12.6. The first-order chi connectivity index (χ1) is 8.86. The van der Waals surface area contributed by atoms with Gasteiger partial charge in [0.05, 0.1) is 6.54 Å². The second kappa shape index (κ2) is 5.34. The van der Waals surface area contributed by atoms with E-state index in [2.05, 4.69) is 9.97 Å². The average Bonchev–Trinajstić information content (AvgIpc) is 2.79. The van der Waals surface area contributed by atoms with Crippen LogP contribution in [0.15, 0.2) is 23.6 Å². The number of aromatic nitrogens is 2. The molecule has 0 spiro atoms. The van der Waals surface area contributed by atoms with Crippen molar-refractivity contribution in [2.75, 3.05) is 11.9 Å². The summed E-state index contributed by atoms with van der Waals surface area (Å²) in [7, 11) is 1.65. The van der Waals surface area contributed by atoms with E-state index in [0.29, 0.717) is 6.54 Å². The number of alkyl halides is 3. The van der Waals surface area contributed by atoms with Crippen molar-refractivity contribution in [2.24, 2.45) is 0 Å². The topological polar surface area (TPSA) is 29.0 Å². The van der Waals surface area contributed by atoms with Gasteiger partial charge in [0, 0.05) is 18.0 Å². The van der Waals surface area contributed by atoms with Crippen LogP contribution in [0.5, 0.6) is 0 Å². The van der Waals surface area contributed by atoms with E-state index in [0.717, 1.165) is 4.88 Å². The lowest BCUT2D eigenvalue weighted by atomic mass is 10.4. The molecule has 0 atom stereocenters. The van der Waals surface area contributed by atoms with Gasteiger partial charge in [-0.2, -0.15) is 13.2 Å². The lowest BCUT2D eigenvalue weighted by Gasteiger charge is -2.18. The molecule has 0 saturated heterocycles. The maximum Gasteiger partial charge on any atom is 0.451 e. The molecule has 0 saturated carbocycles. The number of anilines is 1. The Bertz CT molecular complexity index is 557. The third kappa shape index (κ3) is 3.57. The summed E-state index contributed by atoms with van der Waals surface area (Å²) in [6.45, 7) is 0.461. The highest BCUT2D eigenvalue weighted by Gasteiger charge is 2.35. The summed E-state index contributed by atoms with van der Waals surface area (Å²) >= 11 is 7.13. The Morgan fingerprint density at radius 2 is 2.11 bits per heavy atom. The number of hydrogen-bond acceptors (Lipinski definition) is 4. The van der Waals surface area contributed by atoms with Gasteiger partial charge in [-0.3, -0.25) is 0 Å². The van der Waals surface area contributed by atoms with Gasteiger partial charge >= 0.3 is 6.18 Å². The highest BCUT2D eigenvalue weighted by molar-refractivity contribution is 7.09. The van der Waals surface area contributed by atoms with Gasteiger partial charge in [0.15, 0.2) is 0 Å². The van der Waals surface area contributed by atoms with Crippen molar-refractivity contribution in [1.29, 1.82) is 0 Å². The van der Waals surface area contributed by atoms with E-state index in [1.54, 1.807) is 11.9 Å². The molecular formula is C11H9ClF3N3S. The van der Waals surface area contributed by atoms with Crippen molar-refractivity contribution in [1.82, 2.24) is 9.97 Å². The first kappa shape index (κ1) is 14.1. The van der Waals surface area contributed by atoms with E-state index in [4.69, 9.17) is 11.6 Å². The zero-order valence-electron chi connectivity index (χ0n) is 9.78. The van der Waals surface area contributed by atoms with Gasteiger partial charge in [0.25, 0.3) is 0 Å². The molecule has 2 rings (SSSR count). The fourth-order valence-electron chi connectivity index (χ4n) is 1.45. The molecule has 0 amide bonds. The first-order valence-corrected chi connectivity index (χ1v) is 6.47. The van der Waals surface area contributed by atoms with Crippen LogP contribution in [0.25, 0.3) is 0 Å². The molecule has 0 aliphatic carbocycles. The van der Waals surface area contributed by atoms with Gasteiger partial charge in [0.2, 0.25) is 5.82 Å². The normalized spacial score (nSPS) is 11.6. The van der Waals surface area contributed by atoms with Crippen LogP contribution in [-0.2, 0) is 12.7 Å². The highest BCUT2D eigenvalue weighted by Crippen LogP contribution is 2.29. The number of hydrogen-bond donors (Lipinski definition) is 0. The molecule has 0 unspecified atom stereocenters. The molecule has 2 aromatic heterocycles. The minimum Gasteiger partial charge on any atom is -0.354 e. The predicted molar refractivity (Wildman–Crippen MR) is 68.5 cm³/mol. The van der Waals surface area contributed by atoms with Gasteiger partial charge in [-0.15, -0.1) is 11.3 Å². The summed E-state index contributed by atoms with van der Waals surface area (Å²) < 4.78 is 37.8. The van der Waals surface area contributed by atoms with Crippen molar-refractivity contribution in [3.8, 4) is 0 Å². The SMILES string of the molecule is CN(Cc1cccs1)c1cc(Cl)nc(C(F)(F)F)n1. The lowest BCUT2D eigenvalue weighted by Crippen LogP contribution is -2.20. The van der Waals surface area contributed by atoms with E-state index >= 15 is 0 Å². The van der Waals surface area contributed by atoms with Gasteiger partial charge in [-0.1, -0.05) is 17.7 Å². The van der Waals surface area contributed by atoms with Crippen molar-refractivity contribution in [3.05, 3.63) is 39.4 Å². The number of halogens is 4. The van der Waals surface area contributed by atoms with Crippen molar-refractivity contribution < 1.29 is 13.2 Å². The molecule has 2 aromatic rings. The van der Waals surface area contributed by atoms with E-state index in [9.17, 15) is 13.2 Å². The van der Waals surface area contributed by atoms with Gasteiger partial charge in [-0.05, 0) is 11.4 Å². The largest absolute Gasteiger partial charge is 0.451 e. The predicted octanol–water partition coefficient (Wildman–Crippen LogP) is 3.85. The summed E-state index contributed by atoms with van der Waals surface area (Å²) in [6.07, 6.45) is -4.61. The number of nitrogens with zero attached hydrogens (tertiary/aromatic N) is 3. The maximum atomic E-state index is 12.6. The van der Waals surface area contributed by atoms with Crippen molar-refractivity contribution in [2.45, 2.75) is 12.7 Å². The molecule has 102 valence electrons. The number of rotatable bonds is 3. The molecule has 19 heavy (non-hydrogen) atoms. The van der Waals surface area contributed by atoms with Crippen LogP contribution in [-0.4, -0.2) is 17.0 Å². The van der Waals surface area contributed by atoms with Gasteiger partial charge < -0.3 is 4.90 Å². The zero-order valence-corrected chi connectivity index (χ0v) is 11.4. The van der Waals surface area contributed by atoms with E-state index in [1.165, 1.54) is 17.4 Å². The molecular weight excluding hydrogens is 299 g/mol. The minimum absolute atomic E-state index is 0.140. The Kier molecular flexibility index (Phi) is 3.96. The van der Waals surface area contributed by atoms with Gasteiger partial charge in [-0.25, -0.2) is 9.97 Å². The van der Waals surface area contributed by atoms with Crippen LogP contribution < -0.4 is 4.90 Å². The van der Waals surface area contributed by atoms with Crippen molar-refractivity contribution in [3.63, 3.8) is 0 Å². The van der Waals surface area contributed by atoms with Gasteiger partial charge in [0.1, 0.15) is 11.0 Å². The molecule has 8 heteroatoms. The van der Waals surface area contributed by atoms with Crippen LogP contribution in [0, 0.1) is 0 Å². The number of thiophene rings is 1. The molecule has 0 bridgehead atoms. The first-order valence-electron chi connectivity index (χ1n) is 5.21. The smallest absolute Gasteiger partial charge is 0.354 e. The van der Waals surface area contributed by atoms with Crippen LogP contribution in [0.4, 0.5) is 19.0 Å². The molecule has 3 nitrogen and oxygen atoms in total. The molecule has 0 aromatic carbocycles. The highest BCUT2D eigenvalue weighted by atomic mass is 35.5. The van der Waals surface area contributed by atoms with E-state index in [-0.39, 0.29) is 11.0 Å². The fraction of sp³-hybridized carbons (Fsp3) is 0.273. The summed E-state index contributed by atoms with van der Waals surface area (Å²) in [6, 6.07) is 5.08. The van der Waals surface area contributed by atoms with Crippen LogP contribution >= 0.6 is 22.9 Å². The monoisotopic (exact) mass is 307 g/mol. The van der Waals surface area contributed by atoms with Crippen LogP contribution in [0.1, 0.15) is 10.7 Å². The zero-order chi connectivity index (χ0) is 14.0. The fourth-order valence-corrected chi connectivity index (χ4v) is 2.38. The molecule has 0 aliphatic rings. The summed E-state index contributed by atoms with van der Waals surface area (Å²) in [5, 5.41) is 1.67. The second-order valence-corrected chi connectivity index (χ2v) is 5.23. The standard InChI is InChI=1S/C11H9ClF3N3S/c1-18(6-7-3-2-4-19-7)9-5-8(12)16-10(17-9)11(13,14)15/h2-5H,6H2,1H3. The second-order valence-electron chi connectivity index (χ2n) is 3.81. The Labute approximate surface area is 116 Å². The molecule has 0 radical (unpaired) electrons. The summed E-state index contributed by atoms with van der Waals surface area (Å²) in [5.74, 6) is -1.09. The summed E-state index contributed by atoms with van der Waals surface area (Å²) in [4.78, 5) is 9.30. The Balaban J connectivity index is 2.26. The Morgan fingerprint density at radius 1 is 1.37 bits per heavy atom. The third-order valence-corrected chi connectivity index (χ3v) is 3.35. The minimum atomic E-state index is -4.61. The van der Waals surface area contributed by atoms with E-state index < -0.39 is 12.0 Å². The summed E-state index contributed by atoms with van der Waals surface area (Å²) in [5.41, 5.74) is 0. The van der Waals surface area contributed by atoms with E-state index in [1.807, 2.05) is 17.5 Å². The van der Waals surface area contributed by atoms with Crippen molar-refractivity contribution >= 4 is 28.8 Å². The Hall–Kier alpha value is -1.34. The van der Waals surface area contributed by atoms with Crippen LogP contribution in [0.3, 0.4) is 0 Å². The Morgan fingerprint density at radius 3 is 2.68 bits per heavy atom. The molecule has 0 aliphatic heterocycles. The third-order valence-electron chi connectivity index (χ3n) is 2.30. The molecule has 0 N–H and O–H groups in total. The molecule has 0 fully saturated rings. The average molecular weight is 308 g/mol. The quantitative estimate of drug-likeness (QED) is 0.807.